The number of nitro groups is 1. The van der Waals surface area contributed by atoms with Gasteiger partial charge in [0.2, 0.25) is 5.75 Å². The van der Waals surface area contributed by atoms with Gasteiger partial charge in [-0.3, -0.25) is 10.1 Å². The maximum atomic E-state index is 12.4. The number of hydrogen-bond acceptors (Lipinski definition) is 4. The summed E-state index contributed by atoms with van der Waals surface area (Å²) < 4.78 is 64.0. The Kier molecular flexibility index (Phi) is 4.24. The molecule has 11 heteroatoms. The minimum absolute atomic E-state index is 0.402. The smallest absolute Gasteiger partial charge is 0.397 e. The first kappa shape index (κ1) is 14.8. The van der Waals surface area contributed by atoms with Gasteiger partial charge in [-0.25, -0.2) is 13.8 Å². The van der Waals surface area contributed by atoms with Crippen LogP contribution in [0.25, 0.3) is 0 Å². The summed E-state index contributed by atoms with van der Waals surface area (Å²) in [6.07, 6.45) is -7.99. The van der Waals surface area contributed by atoms with E-state index in [1.54, 1.807) is 0 Å². The van der Waals surface area contributed by atoms with Crippen LogP contribution in [0.15, 0.2) is 6.20 Å². The van der Waals surface area contributed by atoms with Crippen LogP contribution in [-0.2, 0) is 0 Å². The molecule has 0 aromatic carbocycles. The monoisotopic (exact) mass is 384 g/mol. The molecule has 100 valence electrons. The molecule has 5 nitrogen and oxygen atoms in total. The molecule has 0 aliphatic rings. The van der Waals surface area contributed by atoms with Crippen LogP contribution in [-0.4, -0.2) is 16.3 Å². The highest BCUT2D eigenvalue weighted by Crippen LogP contribution is 2.40. The Bertz CT molecular complexity index is 479. The van der Waals surface area contributed by atoms with E-state index in [1.165, 1.54) is 22.6 Å². The average Bonchev–Trinajstić information content (AvgIpc) is 2.17. The fourth-order valence-electron chi connectivity index (χ4n) is 1.02. The lowest BCUT2D eigenvalue weighted by Gasteiger charge is -2.12. The number of ether oxygens (including phenoxy) is 1. The number of hydrogen-bond donors (Lipinski definition) is 0. The van der Waals surface area contributed by atoms with Crippen molar-refractivity contribution in [3.05, 3.63) is 25.6 Å². The largest absolute Gasteiger partial charge is 0.573 e. The quantitative estimate of drug-likeness (QED) is 0.347. The highest BCUT2D eigenvalue weighted by Gasteiger charge is 2.39. The third kappa shape index (κ3) is 3.36. The fourth-order valence-corrected chi connectivity index (χ4v) is 1.53. The molecule has 0 aliphatic heterocycles. The van der Waals surface area contributed by atoms with E-state index in [-0.39, 0.29) is 0 Å². The molecule has 0 saturated heterocycles. The Hall–Kier alpha value is -1.27. The van der Waals surface area contributed by atoms with Crippen molar-refractivity contribution in [1.29, 1.82) is 0 Å². The van der Waals surface area contributed by atoms with Crippen molar-refractivity contribution in [1.82, 2.24) is 4.98 Å². The third-order valence-corrected chi connectivity index (χ3v) is 2.37. The molecule has 1 aromatic rings. The summed E-state index contributed by atoms with van der Waals surface area (Å²) >= 11 is 1.26. The maximum Gasteiger partial charge on any atom is 0.573 e. The van der Waals surface area contributed by atoms with Gasteiger partial charge in [0, 0.05) is 6.20 Å². The zero-order valence-electron chi connectivity index (χ0n) is 8.04. The van der Waals surface area contributed by atoms with Crippen LogP contribution in [0.4, 0.5) is 27.6 Å². The van der Waals surface area contributed by atoms with Crippen LogP contribution < -0.4 is 4.74 Å². The number of nitrogens with zero attached hydrogens (tertiary/aromatic N) is 2. The van der Waals surface area contributed by atoms with Crippen molar-refractivity contribution in [2.45, 2.75) is 12.8 Å². The molecule has 0 amide bonds. The molecule has 0 unspecified atom stereocenters. The lowest BCUT2D eigenvalue weighted by Crippen LogP contribution is -2.19. The van der Waals surface area contributed by atoms with Gasteiger partial charge in [-0.1, -0.05) is 0 Å². The summed E-state index contributed by atoms with van der Waals surface area (Å²) in [6, 6.07) is 0. The highest BCUT2D eigenvalue weighted by molar-refractivity contribution is 14.1. The molecular formula is C7H2F5IN2O3. The Morgan fingerprint density at radius 3 is 2.39 bits per heavy atom. The summed E-state index contributed by atoms with van der Waals surface area (Å²) in [6.45, 7) is 0. The molecule has 0 atom stereocenters. The summed E-state index contributed by atoms with van der Waals surface area (Å²) in [7, 11) is 0. The van der Waals surface area contributed by atoms with Gasteiger partial charge in [0.1, 0.15) is 0 Å². The second-order valence-electron chi connectivity index (χ2n) is 2.77. The molecule has 0 aliphatic carbocycles. The molecule has 0 spiro atoms. The Morgan fingerprint density at radius 1 is 1.44 bits per heavy atom. The summed E-state index contributed by atoms with van der Waals surface area (Å²) in [5, 5.41) is 10.6. The van der Waals surface area contributed by atoms with Crippen molar-refractivity contribution in [3.63, 3.8) is 0 Å². The van der Waals surface area contributed by atoms with Crippen molar-refractivity contribution in [3.8, 4) is 5.75 Å². The third-order valence-electron chi connectivity index (χ3n) is 1.60. The van der Waals surface area contributed by atoms with Crippen molar-refractivity contribution >= 4 is 28.3 Å². The van der Waals surface area contributed by atoms with Gasteiger partial charge in [0.05, 0.1) is 8.49 Å². The predicted octanol–water partition coefficient (Wildman–Crippen LogP) is 3.43. The lowest BCUT2D eigenvalue weighted by atomic mass is 10.3. The second-order valence-corrected chi connectivity index (χ2v) is 3.94. The second kappa shape index (κ2) is 5.16. The first-order valence-corrected chi connectivity index (χ1v) is 5.08. The van der Waals surface area contributed by atoms with Gasteiger partial charge in [-0.2, -0.15) is 0 Å². The zero-order chi connectivity index (χ0) is 14.1. The Balaban J connectivity index is 3.46. The molecule has 0 bridgehead atoms. The summed E-state index contributed by atoms with van der Waals surface area (Å²) in [5.74, 6) is -1.29. The van der Waals surface area contributed by atoms with Crippen molar-refractivity contribution in [2.75, 3.05) is 0 Å². The van der Waals surface area contributed by atoms with Crippen LogP contribution >= 0.6 is 22.6 Å². The fraction of sp³-hybridized carbons (Fsp3) is 0.286. The van der Waals surface area contributed by atoms with E-state index in [9.17, 15) is 32.1 Å². The van der Waals surface area contributed by atoms with E-state index in [2.05, 4.69) is 9.72 Å². The zero-order valence-corrected chi connectivity index (χ0v) is 10.2. The van der Waals surface area contributed by atoms with E-state index in [4.69, 9.17) is 0 Å². The normalized spacial score (nSPS) is 11.7. The standard InChI is InChI=1S/C7H2F5IN2O3/c8-6(9)3-4(15(16)17)5(2(13)1-14-3)18-7(10,11)12/h1,6H. The number of aromatic nitrogens is 1. The molecule has 0 N–H and O–H groups in total. The lowest BCUT2D eigenvalue weighted by molar-refractivity contribution is -0.390. The van der Waals surface area contributed by atoms with Crippen LogP contribution in [0.5, 0.6) is 5.75 Å². The van der Waals surface area contributed by atoms with Gasteiger partial charge in [0.15, 0.2) is 5.69 Å². The molecule has 18 heavy (non-hydrogen) atoms. The van der Waals surface area contributed by atoms with Crippen LogP contribution in [0.2, 0.25) is 0 Å². The van der Waals surface area contributed by atoms with Crippen molar-refractivity contribution < 1.29 is 31.6 Å². The van der Waals surface area contributed by atoms with Crippen LogP contribution in [0, 0.1) is 13.7 Å². The average molecular weight is 384 g/mol. The molecule has 1 heterocycles. The van der Waals surface area contributed by atoms with E-state index in [0.717, 1.165) is 0 Å². The SMILES string of the molecule is O=[N+]([O-])c1c(C(F)F)ncc(I)c1OC(F)(F)F. The summed E-state index contributed by atoms with van der Waals surface area (Å²) in [5.41, 5.74) is -2.87. The number of pyridine rings is 1. The van der Waals surface area contributed by atoms with E-state index >= 15 is 0 Å². The van der Waals surface area contributed by atoms with Crippen LogP contribution in [0.3, 0.4) is 0 Å². The van der Waals surface area contributed by atoms with Gasteiger partial charge < -0.3 is 4.74 Å². The first-order valence-electron chi connectivity index (χ1n) is 4.00. The number of rotatable bonds is 3. The van der Waals surface area contributed by atoms with Gasteiger partial charge >= 0.3 is 12.0 Å². The van der Waals surface area contributed by atoms with Gasteiger partial charge in [-0.05, 0) is 22.6 Å². The molecule has 1 aromatic heterocycles. The first-order chi connectivity index (χ1) is 8.13. The van der Waals surface area contributed by atoms with E-state index in [1.807, 2.05) is 0 Å². The minimum atomic E-state index is -5.23. The molecule has 0 radical (unpaired) electrons. The molecule has 0 fully saturated rings. The predicted molar refractivity (Wildman–Crippen MR) is 55.2 cm³/mol. The van der Waals surface area contributed by atoms with E-state index < -0.39 is 38.4 Å². The van der Waals surface area contributed by atoms with Crippen molar-refractivity contribution in [2.24, 2.45) is 0 Å². The topological polar surface area (TPSA) is 65.3 Å². The Morgan fingerprint density at radius 2 is 2.00 bits per heavy atom. The van der Waals surface area contributed by atoms with Gasteiger partial charge in [0.25, 0.3) is 6.43 Å². The molecular weight excluding hydrogens is 382 g/mol. The highest BCUT2D eigenvalue weighted by atomic mass is 127. The van der Waals surface area contributed by atoms with Crippen LogP contribution in [0.1, 0.15) is 12.1 Å². The maximum absolute atomic E-state index is 12.4. The molecule has 0 saturated carbocycles. The molecule has 1 rings (SSSR count). The van der Waals surface area contributed by atoms with Gasteiger partial charge in [-0.15, -0.1) is 13.2 Å². The van der Waals surface area contributed by atoms with E-state index in [0.29, 0.717) is 6.20 Å². The Labute approximate surface area is 109 Å². The minimum Gasteiger partial charge on any atom is -0.397 e. The number of halogens is 6. The number of alkyl halides is 5. The summed E-state index contributed by atoms with van der Waals surface area (Å²) in [4.78, 5) is 12.2.